The third kappa shape index (κ3) is 3.92. The first kappa shape index (κ1) is 20.4. The average Bonchev–Trinajstić information content (AvgIpc) is 3.21. The minimum atomic E-state index is -0.344. The van der Waals surface area contributed by atoms with Gasteiger partial charge in [-0.05, 0) is 55.5 Å². The molecule has 0 radical (unpaired) electrons. The van der Waals surface area contributed by atoms with Gasteiger partial charge in [0.05, 0.1) is 43.0 Å². The molecule has 0 unspecified atom stereocenters. The summed E-state index contributed by atoms with van der Waals surface area (Å²) < 4.78 is 30.9. The number of quaternary nitrogens is 1. The molecule has 2 aromatic carbocycles. The Balaban J connectivity index is 1.66. The highest BCUT2D eigenvalue weighted by Gasteiger charge is 2.38. The predicted octanol–water partition coefficient (Wildman–Crippen LogP) is 2.20. The molecule has 1 saturated heterocycles. The zero-order valence-electron chi connectivity index (χ0n) is 17.5. The van der Waals surface area contributed by atoms with E-state index in [4.69, 9.17) is 0 Å². The monoisotopic (exact) mass is 413 g/mol. The Hall–Kier alpha value is -2.87. The number of halogens is 2. The van der Waals surface area contributed by atoms with Gasteiger partial charge in [0.15, 0.2) is 6.04 Å². The van der Waals surface area contributed by atoms with E-state index in [2.05, 4.69) is 15.5 Å². The lowest BCUT2D eigenvalue weighted by Gasteiger charge is -2.38. The van der Waals surface area contributed by atoms with Crippen LogP contribution in [0.15, 0.2) is 48.5 Å². The molecule has 1 atom stereocenters. The van der Waals surface area contributed by atoms with Crippen LogP contribution in [0.25, 0.3) is 0 Å². The first-order chi connectivity index (χ1) is 14.4. The number of piperazine rings is 1. The van der Waals surface area contributed by atoms with Gasteiger partial charge >= 0.3 is 0 Å². The molecule has 1 N–H and O–H groups in total. The summed E-state index contributed by atoms with van der Waals surface area (Å²) in [6, 6.07) is 13.3. The molecule has 4 rings (SSSR count). The van der Waals surface area contributed by atoms with Gasteiger partial charge in [-0.25, -0.2) is 13.5 Å². The van der Waals surface area contributed by atoms with Crippen LogP contribution in [-0.4, -0.2) is 46.4 Å². The molecule has 1 aliphatic rings. The van der Waals surface area contributed by atoms with Crippen LogP contribution in [-0.2, 0) is 5.54 Å². The second kappa shape index (κ2) is 8.10. The molecular formula is C22H27F2N6+. The van der Waals surface area contributed by atoms with Gasteiger partial charge in [0.1, 0.15) is 11.6 Å². The van der Waals surface area contributed by atoms with E-state index in [1.165, 1.54) is 12.1 Å². The number of aromatic nitrogens is 4. The Morgan fingerprint density at radius 1 is 0.933 bits per heavy atom. The van der Waals surface area contributed by atoms with E-state index < -0.39 is 0 Å². The van der Waals surface area contributed by atoms with Crippen molar-refractivity contribution in [2.75, 3.05) is 31.1 Å². The van der Waals surface area contributed by atoms with Crippen molar-refractivity contribution in [3.8, 4) is 0 Å². The predicted molar refractivity (Wildman–Crippen MR) is 110 cm³/mol. The molecule has 158 valence electrons. The van der Waals surface area contributed by atoms with Gasteiger partial charge in [-0.15, -0.1) is 5.10 Å². The molecule has 8 heteroatoms. The van der Waals surface area contributed by atoms with Crippen molar-refractivity contribution in [2.24, 2.45) is 0 Å². The highest BCUT2D eigenvalue weighted by atomic mass is 19.1. The number of nitrogens with one attached hydrogen (secondary N) is 1. The number of nitrogens with zero attached hydrogens (tertiary/aromatic N) is 5. The van der Waals surface area contributed by atoms with Crippen LogP contribution in [0, 0.1) is 11.6 Å². The molecule has 0 saturated carbocycles. The molecule has 6 nitrogen and oxygen atoms in total. The largest absolute Gasteiger partial charge is 0.358 e. The Labute approximate surface area is 175 Å². The van der Waals surface area contributed by atoms with E-state index in [0.29, 0.717) is 43.3 Å². The Morgan fingerprint density at radius 2 is 1.57 bits per heavy atom. The number of hydrogen-bond acceptors (Lipinski definition) is 4. The Morgan fingerprint density at radius 3 is 2.20 bits per heavy atom. The standard InChI is InChI=1S/C22H26F2N6/c1-22(2,3)30-21(25-26-27-30)20(16-8-4-5-9-17(16)23)29-14-12-28(13-15-29)19-11-7-6-10-18(19)24/h4-11,20H,12-15H2,1-3H3/p+1/t20-/m1/s1. The average molecular weight is 413 g/mol. The summed E-state index contributed by atoms with van der Waals surface area (Å²) in [5, 5.41) is 12.4. The Bertz CT molecular complexity index is 1000. The third-order valence-electron chi connectivity index (χ3n) is 5.61. The fraction of sp³-hybridized carbons (Fsp3) is 0.409. The Kier molecular flexibility index (Phi) is 5.51. The number of rotatable bonds is 4. The summed E-state index contributed by atoms with van der Waals surface area (Å²) in [7, 11) is 0. The van der Waals surface area contributed by atoms with Crippen LogP contribution in [0.3, 0.4) is 0 Å². The zero-order chi connectivity index (χ0) is 21.3. The number of hydrogen-bond donors (Lipinski definition) is 1. The fourth-order valence-corrected chi connectivity index (χ4v) is 4.13. The van der Waals surface area contributed by atoms with E-state index in [1.807, 2.05) is 37.8 Å². The van der Waals surface area contributed by atoms with Crippen LogP contribution in [0.2, 0.25) is 0 Å². The van der Waals surface area contributed by atoms with Crippen molar-refractivity contribution in [3.63, 3.8) is 0 Å². The molecule has 0 spiro atoms. The lowest BCUT2D eigenvalue weighted by Crippen LogP contribution is -3.15. The SMILES string of the molecule is CC(C)(C)n1nnnc1[C@@H](c1ccccc1F)[NH+]1CCN(c2ccccc2F)CC1. The highest BCUT2D eigenvalue weighted by molar-refractivity contribution is 5.47. The van der Waals surface area contributed by atoms with E-state index in [9.17, 15) is 8.78 Å². The number of benzene rings is 2. The van der Waals surface area contributed by atoms with Crippen molar-refractivity contribution in [3.05, 3.63) is 71.6 Å². The smallest absolute Gasteiger partial charge is 0.214 e. The van der Waals surface area contributed by atoms with Crippen LogP contribution in [0.1, 0.15) is 38.2 Å². The van der Waals surface area contributed by atoms with Gasteiger partial charge in [-0.3, -0.25) is 0 Å². The summed E-state index contributed by atoms with van der Waals surface area (Å²) in [6.45, 7) is 8.83. The molecule has 2 heterocycles. The molecule has 1 aliphatic heterocycles. The molecule has 1 aromatic heterocycles. The van der Waals surface area contributed by atoms with Crippen molar-refractivity contribution in [1.82, 2.24) is 20.2 Å². The van der Waals surface area contributed by atoms with E-state index in [0.717, 1.165) is 4.90 Å². The van der Waals surface area contributed by atoms with Gasteiger partial charge in [-0.2, -0.15) is 0 Å². The van der Waals surface area contributed by atoms with Crippen molar-refractivity contribution >= 4 is 5.69 Å². The zero-order valence-corrected chi connectivity index (χ0v) is 17.5. The van der Waals surface area contributed by atoms with E-state index in [-0.39, 0.29) is 23.2 Å². The normalized spacial score (nSPS) is 16.6. The summed E-state index contributed by atoms with van der Waals surface area (Å²) >= 11 is 0. The topological polar surface area (TPSA) is 51.3 Å². The maximum Gasteiger partial charge on any atom is 0.214 e. The van der Waals surface area contributed by atoms with E-state index in [1.54, 1.807) is 28.9 Å². The number of anilines is 1. The molecule has 3 aromatic rings. The van der Waals surface area contributed by atoms with E-state index >= 15 is 0 Å². The van der Waals surface area contributed by atoms with Crippen LogP contribution in [0.4, 0.5) is 14.5 Å². The molecule has 1 fully saturated rings. The van der Waals surface area contributed by atoms with Gasteiger partial charge in [0, 0.05) is 0 Å². The quantitative estimate of drug-likeness (QED) is 0.713. The summed E-state index contributed by atoms with van der Waals surface area (Å²) in [5.41, 5.74) is 0.849. The van der Waals surface area contributed by atoms with Crippen LogP contribution < -0.4 is 9.80 Å². The molecular weight excluding hydrogens is 386 g/mol. The first-order valence-electron chi connectivity index (χ1n) is 10.2. The van der Waals surface area contributed by atoms with Gasteiger partial charge in [-0.1, -0.05) is 24.3 Å². The lowest BCUT2D eigenvalue weighted by atomic mass is 10.0. The minimum absolute atomic E-state index is 0.219. The molecule has 0 bridgehead atoms. The molecule has 0 aliphatic carbocycles. The first-order valence-corrected chi connectivity index (χ1v) is 10.2. The van der Waals surface area contributed by atoms with Crippen LogP contribution >= 0.6 is 0 Å². The molecule has 30 heavy (non-hydrogen) atoms. The van der Waals surface area contributed by atoms with Crippen LogP contribution in [0.5, 0.6) is 0 Å². The maximum atomic E-state index is 14.9. The van der Waals surface area contributed by atoms with Crippen molar-refractivity contribution < 1.29 is 13.7 Å². The van der Waals surface area contributed by atoms with Crippen molar-refractivity contribution in [2.45, 2.75) is 32.4 Å². The number of tetrazole rings is 1. The number of para-hydroxylation sites is 1. The van der Waals surface area contributed by atoms with Gasteiger partial charge in [0.25, 0.3) is 0 Å². The second-order valence-electron chi connectivity index (χ2n) is 8.67. The molecule has 0 amide bonds. The second-order valence-corrected chi connectivity index (χ2v) is 8.67. The fourth-order valence-electron chi connectivity index (χ4n) is 4.13. The highest BCUT2D eigenvalue weighted by Crippen LogP contribution is 2.25. The van der Waals surface area contributed by atoms with Gasteiger partial charge in [0.2, 0.25) is 5.82 Å². The van der Waals surface area contributed by atoms with Crippen molar-refractivity contribution in [1.29, 1.82) is 0 Å². The summed E-state index contributed by atoms with van der Waals surface area (Å²) in [6.07, 6.45) is 0. The minimum Gasteiger partial charge on any atom is -0.358 e. The third-order valence-corrected chi connectivity index (χ3v) is 5.61. The summed E-state index contributed by atoms with van der Waals surface area (Å²) in [4.78, 5) is 3.21. The lowest BCUT2D eigenvalue weighted by molar-refractivity contribution is -0.927. The maximum absolute atomic E-state index is 14.9. The van der Waals surface area contributed by atoms with Gasteiger partial charge < -0.3 is 9.80 Å². The summed E-state index contributed by atoms with van der Waals surface area (Å²) in [5.74, 6) is 0.153.